The van der Waals surface area contributed by atoms with Crippen molar-refractivity contribution in [2.75, 3.05) is 23.3 Å². The second-order valence-corrected chi connectivity index (χ2v) is 9.34. The van der Waals surface area contributed by atoms with Gasteiger partial charge in [-0.25, -0.2) is 9.97 Å². The van der Waals surface area contributed by atoms with Crippen LogP contribution in [0.15, 0.2) is 61.1 Å². The summed E-state index contributed by atoms with van der Waals surface area (Å²) in [6, 6.07) is 14.6. The molecular formula is C26H27N7O. The van der Waals surface area contributed by atoms with Gasteiger partial charge in [0.15, 0.2) is 11.5 Å². The van der Waals surface area contributed by atoms with Gasteiger partial charge in [-0.1, -0.05) is 12.1 Å². The molecule has 0 unspecified atom stereocenters. The fraction of sp³-hybridized carbons (Fsp3) is 0.269. The van der Waals surface area contributed by atoms with E-state index in [4.69, 9.17) is 4.98 Å². The van der Waals surface area contributed by atoms with E-state index < -0.39 is 5.60 Å². The van der Waals surface area contributed by atoms with Crippen molar-refractivity contribution in [3.8, 4) is 11.3 Å². The number of nitrogens with one attached hydrogen (secondary N) is 2. The maximum absolute atomic E-state index is 10.2. The zero-order chi connectivity index (χ0) is 23.3. The van der Waals surface area contributed by atoms with Crippen molar-refractivity contribution in [3.63, 3.8) is 0 Å². The molecule has 0 bridgehead atoms. The Hall–Kier alpha value is -3.91. The molecule has 0 radical (unpaired) electrons. The van der Waals surface area contributed by atoms with Gasteiger partial charge < -0.3 is 15.3 Å². The monoisotopic (exact) mass is 453 g/mol. The molecule has 1 aliphatic heterocycles. The van der Waals surface area contributed by atoms with Gasteiger partial charge in [-0.3, -0.25) is 9.50 Å². The third kappa shape index (κ3) is 3.66. The molecular weight excluding hydrogens is 426 g/mol. The van der Waals surface area contributed by atoms with E-state index in [0.29, 0.717) is 5.82 Å². The molecule has 0 amide bonds. The van der Waals surface area contributed by atoms with E-state index in [-0.39, 0.29) is 0 Å². The van der Waals surface area contributed by atoms with Crippen LogP contribution in [0.3, 0.4) is 0 Å². The van der Waals surface area contributed by atoms with Gasteiger partial charge in [0.2, 0.25) is 0 Å². The van der Waals surface area contributed by atoms with Gasteiger partial charge in [0.1, 0.15) is 0 Å². The largest absolute Gasteiger partial charge is 0.390 e. The van der Waals surface area contributed by atoms with Crippen molar-refractivity contribution in [2.24, 2.45) is 0 Å². The Morgan fingerprint density at radius 3 is 2.68 bits per heavy atom. The zero-order valence-electron chi connectivity index (χ0n) is 19.3. The topological polar surface area (TPSA) is 94.4 Å². The zero-order valence-corrected chi connectivity index (χ0v) is 19.3. The van der Waals surface area contributed by atoms with Gasteiger partial charge >= 0.3 is 0 Å². The summed E-state index contributed by atoms with van der Waals surface area (Å²) in [6.45, 7) is 5.70. The molecule has 5 aromatic rings. The van der Waals surface area contributed by atoms with E-state index in [1.54, 1.807) is 6.20 Å². The third-order valence-corrected chi connectivity index (χ3v) is 6.83. The summed E-state index contributed by atoms with van der Waals surface area (Å²) in [7, 11) is 0. The van der Waals surface area contributed by atoms with Crippen LogP contribution in [0.4, 0.5) is 17.2 Å². The minimum atomic E-state index is -0.551. The smallest absolute Gasteiger partial charge is 0.180 e. The lowest BCUT2D eigenvalue weighted by molar-refractivity contribution is 0.0351. The number of piperidine rings is 1. The first-order valence-electron chi connectivity index (χ1n) is 11.6. The number of nitrogens with zero attached hydrogens (tertiary/aromatic N) is 5. The minimum Gasteiger partial charge on any atom is -0.390 e. The second kappa shape index (κ2) is 7.85. The number of H-pyrrole nitrogens is 1. The van der Waals surface area contributed by atoms with E-state index in [2.05, 4.69) is 79.2 Å². The normalized spacial score (nSPS) is 15.8. The number of aromatic amines is 1. The van der Waals surface area contributed by atoms with Crippen LogP contribution in [-0.4, -0.2) is 48.4 Å². The molecule has 0 atom stereocenters. The predicted octanol–water partition coefficient (Wildman–Crippen LogP) is 4.68. The Morgan fingerprint density at radius 2 is 1.88 bits per heavy atom. The summed E-state index contributed by atoms with van der Waals surface area (Å²) in [4.78, 5) is 11.9. The number of fused-ring (bicyclic) bond motifs is 2. The van der Waals surface area contributed by atoms with Crippen molar-refractivity contribution >= 4 is 33.7 Å². The van der Waals surface area contributed by atoms with E-state index >= 15 is 0 Å². The molecule has 0 aliphatic carbocycles. The highest BCUT2D eigenvalue weighted by Crippen LogP contribution is 2.31. The Morgan fingerprint density at radius 1 is 1.09 bits per heavy atom. The first-order valence-corrected chi connectivity index (χ1v) is 11.6. The maximum atomic E-state index is 10.2. The molecule has 4 heterocycles. The lowest BCUT2D eigenvalue weighted by Crippen LogP contribution is -2.42. The van der Waals surface area contributed by atoms with E-state index in [9.17, 15) is 5.11 Å². The average molecular weight is 454 g/mol. The lowest BCUT2D eigenvalue weighted by Gasteiger charge is -2.37. The standard InChI is InChI=1S/C26H27N7O/c1-17-23(18-3-4-19-16-28-31-22(19)15-18)30-24(25-27-11-14-33(17)25)29-20-5-7-21(8-6-20)32-12-9-26(2,34)10-13-32/h3-8,11,14-16,34H,9-10,12-13H2,1-2H3,(H,28,31)(H,29,30). The van der Waals surface area contributed by atoms with Gasteiger partial charge in [-0.15, -0.1) is 0 Å². The van der Waals surface area contributed by atoms with E-state index in [1.807, 2.05) is 19.3 Å². The number of aryl methyl sites for hydroxylation is 1. The summed E-state index contributed by atoms with van der Waals surface area (Å²) >= 11 is 0. The van der Waals surface area contributed by atoms with E-state index in [1.165, 1.54) is 0 Å². The Balaban J connectivity index is 1.32. The number of anilines is 3. The maximum Gasteiger partial charge on any atom is 0.180 e. The molecule has 1 aliphatic rings. The van der Waals surface area contributed by atoms with Gasteiger partial charge in [0.25, 0.3) is 0 Å². The second-order valence-electron chi connectivity index (χ2n) is 9.34. The Bertz CT molecular complexity index is 1470. The van der Waals surface area contributed by atoms with Crippen LogP contribution in [0, 0.1) is 6.92 Å². The summed E-state index contributed by atoms with van der Waals surface area (Å²) in [6.07, 6.45) is 7.15. The molecule has 6 rings (SSSR count). The molecule has 2 aromatic carbocycles. The molecule has 1 fully saturated rings. The average Bonchev–Trinajstić information content (AvgIpc) is 3.51. The van der Waals surface area contributed by atoms with Crippen molar-refractivity contribution in [3.05, 3.63) is 66.7 Å². The molecule has 3 aromatic heterocycles. The van der Waals surface area contributed by atoms with Crippen molar-refractivity contribution in [1.29, 1.82) is 0 Å². The molecule has 8 nitrogen and oxygen atoms in total. The highest BCUT2D eigenvalue weighted by molar-refractivity contribution is 5.84. The van der Waals surface area contributed by atoms with Gasteiger partial charge in [-0.2, -0.15) is 5.10 Å². The number of hydrogen-bond acceptors (Lipinski definition) is 6. The first-order chi connectivity index (χ1) is 16.5. The minimum absolute atomic E-state index is 0.551. The lowest BCUT2D eigenvalue weighted by atomic mass is 9.93. The summed E-state index contributed by atoms with van der Waals surface area (Å²) in [5, 5.41) is 21.9. The summed E-state index contributed by atoms with van der Waals surface area (Å²) in [5.41, 5.74) is 6.25. The highest BCUT2D eigenvalue weighted by Gasteiger charge is 2.27. The van der Waals surface area contributed by atoms with Crippen molar-refractivity contribution < 1.29 is 5.11 Å². The van der Waals surface area contributed by atoms with Crippen LogP contribution >= 0.6 is 0 Å². The van der Waals surface area contributed by atoms with Crippen molar-refractivity contribution in [1.82, 2.24) is 24.6 Å². The van der Waals surface area contributed by atoms with Crippen LogP contribution in [0.1, 0.15) is 25.5 Å². The van der Waals surface area contributed by atoms with Crippen LogP contribution in [0.25, 0.3) is 27.8 Å². The first kappa shape index (κ1) is 20.7. The summed E-state index contributed by atoms with van der Waals surface area (Å²) < 4.78 is 2.07. The molecule has 3 N–H and O–H groups in total. The number of hydrogen-bond donors (Lipinski definition) is 3. The van der Waals surface area contributed by atoms with Gasteiger partial charge in [0, 0.05) is 53.5 Å². The van der Waals surface area contributed by atoms with Crippen molar-refractivity contribution in [2.45, 2.75) is 32.3 Å². The van der Waals surface area contributed by atoms with E-state index in [0.717, 1.165) is 70.8 Å². The predicted molar refractivity (Wildman–Crippen MR) is 135 cm³/mol. The Labute approximate surface area is 197 Å². The number of imidazole rings is 1. The van der Waals surface area contributed by atoms with Crippen LogP contribution in [0.5, 0.6) is 0 Å². The van der Waals surface area contributed by atoms with Gasteiger partial charge in [-0.05, 0) is 57.0 Å². The number of aromatic nitrogens is 5. The van der Waals surface area contributed by atoms with Gasteiger partial charge in [0.05, 0.1) is 23.0 Å². The molecule has 1 saturated heterocycles. The summed E-state index contributed by atoms with van der Waals surface area (Å²) in [5.74, 6) is 0.706. The molecule has 34 heavy (non-hydrogen) atoms. The fourth-order valence-corrected chi connectivity index (χ4v) is 4.69. The third-order valence-electron chi connectivity index (χ3n) is 6.83. The molecule has 8 heteroatoms. The molecule has 0 saturated carbocycles. The number of aliphatic hydroxyl groups is 1. The highest BCUT2D eigenvalue weighted by atomic mass is 16.3. The fourth-order valence-electron chi connectivity index (χ4n) is 4.69. The number of benzene rings is 2. The quantitative estimate of drug-likeness (QED) is 0.366. The number of rotatable bonds is 4. The molecule has 172 valence electrons. The van der Waals surface area contributed by atoms with Crippen LogP contribution in [-0.2, 0) is 0 Å². The SMILES string of the molecule is Cc1c(-c2ccc3cn[nH]c3c2)nc(Nc2ccc(N3CCC(C)(O)CC3)cc2)c2nccn12. The van der Waals surface area contributed by atoms with Crippen LogP contribution < -0.4 is 10.2 Å². The van der Waals surface area contributed by atoms with Crippen LogP contribution in [0.2, 0.25) is 0 Å². The molecule has 0 spiro atoms. The Kier molecular flexibility index (Phi) is 4.77.